The molecule has 1 fully saturated rings. The van der Waals surface area contributed by atoms with E-state index in [1.807, 2.05) is 25.1 Å². The second-order valence-electron chi connectivity index (χ2n) is 5.46. The first-order valence-electron chi connectivity index (χ1n) is 6.67. The van der Waals surface area contributed by atoms with E-state index in [1.165, 1.54) is 12.8 Å². The van der Waals surface area contributed by atoms with Gasteiger partial charge in [-0.25, -0.2) is 0 Å². The molecule has 0 aliphatic heterocycles. The van der Waals surface area contributed by atoms with Crippen LogP contribution in [0.4, 0.5) is 0 Å². The molecule has 0 radical (unpaired) electrons. The summed E-state index contributed by atoms with van der Waals surface area (Å²) in [5.41, 5.74) is 2.02. The number of nitrogens with one attached hydrogen (secondary N) is 1. The molecule has 1 amide bonds. The Bertz CT molecular complexity index is 469. The number of amides is 1. The van der Waals surface area contributed by atoms with E-state index >= 15 is 0 Å². The van der Waals surface area contributed by atoms with Gasteiger partial charge in [0.2, 0.25) is 0 Å². The Morgan fingerprint density at radius 3 is 2.74 bits per heavy atom. The average molecular weight is 392 g/mol. The van der Waals surface area contributed by atoms with E-state index in [0.717, 1.165) is 27.5 Å². The summed E-state index contributed by atoms with van der Waals surface area (Å²) in [5, 5.41) is 3.07. The van der Waals surface area contributed by atoms with Gasteiger partial charge in [-0.3, -0.25) is 4.79 Å². The molecule has 2 nitrogen and oxygen atoms in total. The van der Waals surface area contributed by atoms with Crippen LogP contribution in [0.5, 0.6) is 0 Å². The summed E-state index contributed by atoms with van der Waals surface area (Å²) < 4.78 is 1.03. The largest absolute Gasteiger partial charge is 0.351 e. The molecule has 0 aromatic heterocycles. The number of halogens is 2. The van der Waals surface area contributed by atoms with Crippen molar-refractivity contribution in [2.75, 3.05) is 12.4 Å². The summed E-state index contributed by atoms with van der Waals surface area (Å²) in [4.78, 5) is 12.3. The molecule has 0 heterocycles. The van der Waals surface area contributed by atoms with Crippen LogP contribution in [0.1, 0.15) is 41.6 Å². The number of rotatable bonds is 4. The lowest BCUT2D eigenvalue weighted by atomic mass is 9.88. The fraction of sp³-hybridized carbons (Fsp3) is 0.533. The highest BCUT2D eigenvalue weighted by atomic mass is 127. The van der Waals surface area contributed by atoms with Crippen LogP contribution in [0.2, 0.25) is 0 Å². The average Bonchev–Trinajstić information content (AvgIpc) is 2.89. The lowest BCUT2D eigenvalue weighted by Gasteiger charge is -2.26. The summed E-state index contributed by atoms with van der Waals surface area (Å²) >= 11 is 8.33. The molecule has 4 heteroatoms. The van der Waals surface area contributed by atoms with Crippen molar-refractivity contribution >= 4 is 40.1 Å². The Kier molecular flexibility index (Phi) is 5.12. The summed E-state index contributed by atoms with van der Waals surface area (Å²) in [6.07, 6.45) is 4.71. The quantitative estimate of drug-likeness (QED) is 0.607. The summed E-state index contributed by atoms with van der Waals surface area (Å²) in [6.45, 7) is 2.72. The highest BCUT2D eigenvalue weighted by molar-refractivity contribution is 14.1. The number of hydrogen-bond donors (Lipinski definition) is 1. The van der Waals surface area contributed by atoms with Crippen molar-refractivity contribution < 1.29 is 4.79 Å². The Morgan fingerprint density at radius 1 is 1.42 bits per heavy atom. The van der Waals surface area contributed by atoms with E-state index in [0.29, 0.717) is 12.4 Å². The third-order valence-electron chi connectivity index (χ3n) is 4.01. The molecule has 0 unspecified atom stereocenters. The maximum atomic E-state index is 12.3. The van der Waals surface area contributed by atoms with E-state index in [-0.39, 0.29) is 11.3 Å². The van der Waals surface area contributed by atoms with Crippen molar-refractivity contribution in [1.82, 2.24) is 5.32 Å². The first kappa shape index (κ1) is 15.1. The van der Waals surface area contributed by atoms with E-state index in [2.05, 4.69) is 27.9 Å². The predicted octanol–water partition coefficient (Wildman–Crippen LogP) is 4.13. The van der Waals surface area contributed by atoms with E-state index in [4.69, 9.17) is 11.6 Å². The van der Waals surface area contributed by atoms with Gasteiger partial charge < -0.3 is 5.32 Å². The maximum absolute atomic E-state index is 12.3. The van der Waals surface area contributed by atoms with Crippen molar-refractivity contribution in [3.8, 4) is 0 Å². The van der Waals surface area contributed by atoms with Gasteiger partial charge in [-0.15, -0.1) is 11.6 Å². The number of hydrogen-bond acceptors (Lipinski definition) is 1. The Balaban J connectivity index is 2.03. The van der Waals surface area contributed by atoms with Crippen molar-refractivity contribution in [1.29, 1.82) is 0 Å². The second-order valence-corrected chi connectivity index (χ2v) is 6.81. The molecule has 1 aliphatic rings. The van der Waals surface area contributed by atoms with Gasteiger partial charge in [0.15, 0.2) is 0 Å². The Morgan fingerprint density at radius 2 is 2.11 bits per heavy atom. The SMILES string of the molecule is Cc1cccc(C(=O)NCC2(CCl)CCCC2)c1I. The van der Waals surface area contributed by atoms with Gasteiger partial charge >= 0.3 is 0 Å². The molecule has 1 aliphatic carbocycles. The first-order valence-corrected chi connectivity index (χ1v) is 8.29. The molecular weight excluding hydrogens is 373 g/mol. The van der Waals surface area contributed by atoms with Gasteiger partial charge in [-0.2, -0.15) is 0 Å². The number of aryl methyl sites for hydroxylation is 1. The standard InChI is InChI=1S/C15H19ClINO/c1-11-5-4-6-12(13(11)17)14(19)18-10-15(9-16)7-2-3-8-15/h4-6H,2-3,7-10H2,1H3,(H,18,19). The first-order chi connectivity index (χ1) is 9.08. The molecule has 0 saturated heterocycles. The van der Waals surface area contributed by atoms with Crippen LogP contribution in [0.25, 0.3) is 0 Å². The molecule has 0 bridgehead atoms. The minimum absolute atomic E-state index is 0.0180. The monoisotopic (exact) mass is 391 g/mol. The van der Waals surface area contributed by atoms with Gasteiger partial charge in [0.05, 0.1) is 5.56 Å². The minimum Gasteiger partial charge on any atom is -0.351 e. The van der Waals surface area contributed by atoms with Crippen LogP contribution in [-0.2, 0) is 0 Å². The number of alkyl halides is 1. The fourth-order valence-corrected chi connectivity index (χ4v) is 3.63. The van der Waals surface area contributed by atoms with E-state index < -0.39 is 0 Å². The molecule has 0 spiro atoms. The van der Waals surface area contributed by atoms with Crippen molar-refractivity contribution in [2.24, 2.45) is 5.41 Å². The third-order valence-corrected chi connectivity index (χ3v) is 6.01. The van der Waals surface area contributed by atoms with Gasteiger partial charge in [-0.05, 0) is 54.0 Å². The molecule has 1 N–H and O–H groups in total. The van der Waals surface area contributed by atoms with Crippen LogP contribution in [0.3, 0.4) is 0 Å². The predicted molar refractivity (Wildman–Crippen MR) is 87.9 cm³/mol. The van der Waals surface area contributed by atoms with Crippen LogP contribution < -0.4 is 5.32 Å². The van der Waals surface area contributed by atoms with E-state index in [1.54, 1.807) is 0 Å². The lowest BCUT2D eigenvalue weighted by molar-refractivity contribution is 0.0934. The fourth-order valence-electron chi connectivity index (χ4n) is 2.67. The molecule has 1 saturated carbocycles. The van der Waals surface area contributed by atoms with Gasteiger partial charge in [0.1, 0.15) is 0 Å². The van der Waals surface area contributed by atoms with Crippen LogP contribution >= 0.6 is 34.2 Å². The maximum Gasteiger partial charge on any atom is 0.252 e. The summed E-state index contributed by atoms with van der Waals surface area (Å²) in [7, 11) is 0. The molecule has 0 atom stereocenters. The normalized spacial score (nSPS) is 17.4. The van der Waals surface area contributed by atoms with Crippen LogP contribution in [0.15, 0.2) is 18.2 Å². The van der Waals surface area contributed by atoms with Crippen molar-refractivity contribution in [3.63, 3.8) is 0 Å². The number of carbonyl (C=O) groups excluding carboxylic acids is 1. The Hall–Kier alpha value is -0.290. The van der Waals surface area contributed by atoms with Gasteiger partial charge in [0, 0.05) is 21.4 Å². The topological polar surface area (TPSA) is 29.1 Å². The summed E-state index contributed by atoms with van der Waals surface area (Å²) in [6, 6.07) is 5.83. The molecule has 2 rings (SSSR count). The highest BCUT2D eigenvalue weighted by Crippen LogP contribution is 2.38. The van der Waals surface area contributed by atoms with Gasteiger partial charge in [0.25, 0.3) is 5.91 Å². The minimum atomic E-state index is 0.0180. The molecule has 1 aromatic carbocycles. The molecule has 19 heavy (non-hydrogen) atoms. The van der Waals surface area contributed by atoms with Crippen molar-refractivity contribution in [3.05, 3.63) is 32.9 Å². The number of carbonyl (C=O) groups is 1. The smallest absolute Gasteiger partial charge is 0.252 e. The van der Waals surface area contributed by atoms with E-state index in [9.17, 15) is 4.79 Å². The third kappa shape index (κ3) is 3.43. The Labute approximate surface area is 133 Å². The van der Waals surface area contributed by atoms with Crippen LogP contribution in [0, 0.1) is 15.9 Å². The lowest BCUT2D eigenvalue weighted by Crippen LogP contribution is -2.37. The van der Waals surface area contributed by atoms with Crippen LogP contribution in [-0.4, -0.2) is 18.3 Å². The zero-order chi connectivity index (χ0) is 13.9. The van der Waals surface area contributed by atoms with Crippen molar-refractivity contribution in [2.45, 2.75) is 32.6 Å². The molecule has 104 valence electrons. The summed E-state index contributed by atoms with van der Waals surface area (Å²) in [5.74, 6) is 0.655. The zero-order valence-corrected chi connectivity index (χ0v) is 14.1. The molecular formula is C15H19ClINO. The highest BCUT2D eigenvalue weighted by Gasteiger charge is 2.33. The molecule has 1 aromatic rings. The zero-order valence-electron chi connectivity index (χ0n) is 11.1. The second kappa shape index (κ2) is 6.44. The van der Waals surface area contributed by atoms with Gasteiger partial charge in [-0.1, -0.05) is 25.0 Å². The number of benzene rings is 1.